The van der Waals surface area contributed by atoms with Crippen LogP contribution in [0.25, 0.3) is 11.2 Å². The average molecular weight is 352 g/mol. The number of anilines is 1. The van der Waals surface area contributed by atoms with E-state index in [2.05, 4.69) is 25.1 Å². The van der Waals surface area contributed by atoms with E-state index in [1.165, 1.54) is 0 Å². The number of hydrogen-bond donors (Lipinski definition) is 3. The minimum Gasteiger partial charge on any atom is -0.485 e. The van der Waals surface area contributed by atoms with Crippen molar-refractivity contribution in [2.24, 2.45) is 5.73 Å². The van der Waals surface area contributed by atoms with Gasteiger partial charge in [-0.05, 0) is 6.07 Å². The minimum atomic E-state index is -0.370. The topological polar surface area (TPSA) is 113 Å². The second kappa shape index (κ2) is 5.65. The first kappa shape index (κ1) is 15.5. The van der Waals surface area contributed by atoms with Crippen molar-refractivity contribution in [1.82, 2.24) is 20.2 Å². The smallest absolute Gasteiger partial charge is 0.176 e. The summed E-state index contributed by atoms with van der Waals surface area (Å²) in [4.78, 5) is 11.2. The van der Waals surface area contributed by atoms with Gasteiger partial charge in [0.25, 0.3) is 0 Å². The van der Waals surface area contributed by atoms with Gasteiger partial charge in [-0.3, -0.25) is 5.10 Å². The molecule has 134 valence electrons. The van der Waals surface area contributed by atoms with Gasteiger partial charge in [-0.2, -0.15) is 5.10 Å². The van der Waals surface area contributed by atoms with Gasteiger partial charge in [0.15, 0.2) is 11.5 Å². The van der Waals surface area contributed by atoms with Crippen LogP contribution in [0.3, 0.4) is 0 Å². The minimum absolute atomic E-state index is 0.126. The Labute approximate surface area is 150 Å². The molecule has 1 fully saturated rings. The van der Waals surface area contributed by atoms with Gasteiger partial charge in [-0.1, -0.05) is 18.2 Å². The fourth-order valence-electron chi connectivity index (χ4n) is 4.07. The maximum absolute atomic E-state index is 9.71. The summed E-state index contributed by atoms with van der Waals surface area (Å²) in [7, 11) is 0. The number of H-pyrrole nitrogens is 1. The maximum atomic E-state index is 9.71. The number of aliphatic hydroxyl groups excluding tert-OH is 1. The summed E-state index contributed by atoms with van der Waals surface area (Å²) >= 11 is 0. The summed E-state index contributed by atoms with van der Waals surface area (Å²) in [6.07, 6.45) is 3.19. The van der Waals surface area contributed by atoms with E-state index in [9.17, 15) is 5.11 Å². The molecule has 2 aliphatic rings. The highest BCUT2D eigenvalue weighted by molar-refractivity contribution is 5.71. The molecule has 1 saturated heterocycles. The largest absolute Gasteiger partial charge is 0.485 e. The second-order valence-electron chi connectivity index (χ2n) is 6.93. The van der Waals surface area contributed by atoms with Crippen LogP contribution in [0.4, 0.5) is 5.82 Å². The van der Waals surface area contributed by atoms with Crippen LogP contribution in [0.1, 0.15) is 30.1 Å². The Kier molecular flexibility index (Phi) is 3.38. The van der Waals surface area contributed by atoms with Crippen LogP contribution in [0, 0.1) is 0 Å². The van der Waals surface area contributed by atoms with E-state index in [0.717, 1.165) is 37.2 Å². The molecule has 8 nitrogen and oxygen atoms in total. The van der Waals surface area contributed by atoms with E-state index >= 15 is 0 Å². The normalized spacial score (nSPS) is 21.2. The molecular formula is C18H20N6O2. The highest BCUT2D eigenvalue weighted by Gasteiger charge is 2.48. The van der Waals surface area contributed by atoms with Crippen molar-refractivity contribution < 1.29 is 9.84 Å². The molecule has 8 heteroatoms. The summed E-state index contributed by atoms with van der Waals surface area (Å²) in [5.41, 5.74) is 9.09. The number of benzene rings is 1. The van der Waals surface area contributed by atoms with Crippen molar-refractivity contribution in [3.8, 4) is 5.75 Å². The summed E-state index contributed by atoms with van der Waals surface area (Å²) in [6, 6.07) is 7.88. The molecule has 4 N–H and O–H groups in total. The molecule has 1 spiro atoms. The fourth-order valence-corrected chi connectivity index (χ4v) is 4.07. The van der Waals surface area contributed by atoms with Crippen LogP contribution < -0.4 is 15.4 Å². The fraction of sp³-hybridized carbons (Fsp3) is 0.389. The third-order valence-corrected chi connectivity index (χ3v) is 5.52. The molecule has 0 bridgehead atoms. The van der Waals surface area contributed by atoms with E-state index in [-0.39, 0.29) is 18.2 Å². The van der Waals surface area contributed by atoms with Crippen LogP contribution >= 0.6 is 0 Å². The molecule has 3 aromatic rings. The van der Waals surface area contributed by atoms with Gasteiger partial charge in [0, 0.05) is 31.5 Å². The molecule has 0 unspecified atom stereocenters. The SMILES string of the molecule is N[C@@H]1c2ccccc2OC12CCN(c1nc3[nH]ncc3nc1CO)CC2. The van der Waals surface area contributed by atoms with Gasteiger partial charge in [-0.15, -0.1) is 0 Å². The van der Waals surface area contributed by atoms with Crippen LogP contribution in [0.2, 0.25) is 0 Å². The molecule has 1 aromatic carbocycles. The van der Waals surface area contributed by atoms with E-state index in [1.807, 2.05) is 24.3 Å². The quantitative estimate of drug-likeness (QED) is 0.636. The molecule has 5 rings (SSSR count). The molecule has 2 aliphatic heterocycles. The average Bonchev–Trinajstić information content (AvgIpc) is 3.24. The highest BCUT2D eigenvalue weighted by Crippen LogP contribution is 2.47. The number of ether oxygens (including phenoxy) is 1. The van der Waals surface area contributed by atoms with Crippen molar-refractivity contribution in [1.29, 1.82) is 0 Å². The lowest BCUT2D eigenvalue weighted by molar-refractivity contribution is 0.0430. The van der Waals surface area contributed by atoms with Crippen molar-refractivity contribution >= 4 is 17.0 Å². The Morgan fingerprint density at radius 2 is 2.08 bits per heavy atom. The molecule has 0 radical (unpaired) electrons. The van der Waals surface area contributed by atoms with Gasteiger partial charge in [0.2, 0.25) is 0 Å². The Morgan fingerprint density at radius 1 is 1.27 bits per heavy atom. The van der Waals surface area contributed by atoms with Gasteiger partial charge in [0.05, 0.1) is 18.8 Å². The van der Waals surface area contributed by atoms with E-state index in [0.29, 0.717) is 22.7 Å². The number of aromatic nitrogens is 4. The van der Waals surface area contributed by atoms with Crippen LogP contribution in [-0.4, -0.2) is 44.0 Å². The molecule has 0 saturated carbocycles. The number of rotatable bonds is 2. The Hall–Kier alpha value is -2.71. The van der Waals surface area contributed by atoms with Crippen molar-refractivity contribution in [3.05, 3.63) is 41.7 Å². The predicted molar refractivity (Wildman–Crippen MR) is 95.8 cm³/mol. The highest BCUT2D eigenvalue weighted by atomic mass is 16.5. The first-order chi connectivity index (χ1) is 12.7. The number of nitrogens with zero attached hydrogens (tertiary/aromatic N) is 4. The zero-order chi connectivity index (χ0) is 17.7. The van der Waals surface area contributed by atoms with Crippen LogP contribution in [0.5, 0.6) is 5.75 Å². The number of aliphatic hydroxyl groups is 1. The Balaban J connectivity index is 1.41. The number of aromatic amines is 1. The van der Waals surface area contributed by atoms with Gasteiger partial charge in [-0.25, -0.2) is 9.97 Å². The molecule has 26 heavy (non-hydrogen) atoms. The molecule has 0 aliphatic carbocycles. The van der Waals surface area contributed by atoms with Crippen LogP contribution in [0.15, 0.2) is 30.5 Å². The molecule has 1 atom stereocenters. The lowest BCUT2D eigenvalue weighted by atomic mass is 9.83. The van der Waals surface area contributed by atoms with Gasteiger partial charge >= 0.3 is 0 Å². The zero-order valence-corrected chi connectivity index (χ0v) is 14.2. The number of para-hydroxylation sites is 1. The number of nitrogens with one attached hydrogen (secondary N) is 1. The summed E-state index contributed by atoms with van der Waals surface area (Å²) in [6.45, 7) is 1.32. The predicted octanol–water partition coefficient (Wildman–Crippen LogP) is 1.28. The Morgan fingerprint density at radius 3 is 2.85 bits per heavy atom. The van der Waals surface area contributed by atoms with E-state index in [1.54, 1.807) is 6.20 Å². The van der Waals surface area contributed by atoms with Gasteiger partial charge < -0.3 is 20.5 Å². The summed E-state index contributed by atoms with van der Waals surface area (Å²) < 4.78 is 6.29. The van der Waals surface area contributed by atoms with Crippen molar-refractivity contribution in [2.75, 3.05) is 18.0 Å². The standard InChI is InChI=1S/C18H20N6O2/c19-15-11-3-1-2-4-14(11)26-18(15)5-7-24(8-6-18)17-13(10-25)21-12-9-20-23-16(12)22-17/h1-4,9,15,25H,5-8,10,19H2,(H,20,22,23)/t15-/m1/s1. The first-order valence-electron chi connectivity index (χ1n) is 8.79. The first-order valence-corrected chi connectivity index (χ1v) is 8.79. The van der Waals surface area contributed by atoms with E-state index in [4.69, 9.17) is 10.5 Å². The van der Waals surface area contributed by atoms with E-state index < -0.39 is 0 Å². The van der Waals surface area contributed by atoms with Gasteiger partial charge in [0.1, 0.15) is 22.6 Å². The number of hydrogen-bond acceptors (Lipinski definition) is 7. The molecule has 4 heterocycles. The Bertz CT molecular complexity index is 963. The molecular weight excluding hydrogens is 332 g/mol. The number of fused-ring (bicyclic) bond motifs is 2. The maximum Gasteiger partial charge on any atom is 0.176 e. The molecule has 0 amide bonds. The van der Waals surface area contributed by atoms with Crippen molar-refractivity contribution in [2.45, 2.75) is 31.1 Å². The third kappa shape index (κ3) is 2.19. The second-order valence-corrected chi connectivity index (χ2v) is 6.93. The molecule has 2 aromatic heterocycles. The number of piperidine rings is 1. The number of nitrogens with two attached hydrogens (primary N) is 1. The lowest BCUT2D eigenvalue weighted by Crippen LogP contribution is -2.51. The lowest BCUT2D eigenvalue weighted by Gasteiger charge is -2.41. The van der Waals surface area contributed by atoms with Crippen molar-refractivity contribution in [3.63, 3.8) is 0 Å². The zero-order valence-electron chi connectivity index (χ0n) is 14.2. The summed E-state index contributed by atoms with van der Waals surface area (Å²) in [5.74, 6) is 1.59. The monoisotopic (exact) mass is 352 g/mol. The van der Waals surface area contributed by atoms with Crippen LogP contribution in [-0.2, 0) is 6.61 Å². The summed E-state index contributed by atoms with van der Waals surface area (Å²) in [5, 5.41) is 16.5. The third-order valence-electron chi connectivity index (χ3n) is 5.52.